The third kappa shape index (κ3) is 4.04. The van der Waals surface area contributed by atoms with Crippen LogP contribution < -0.4 is 4.99 Å². The molecule has 2 unspecified atom stereocenters. The summed E-state index contributed by atoms with van der Waals surface area (Å²) in [6.45, 7) is 16.5. The summed E-state index contributed by atoms with van der Waals surface area (Å²) < 4.78 is 0. The normalized spacial score (nSPS) is 23.0. The second-order valence-electron chi connectivity index (χ2n) is 5.99. The van der Waals surface area contributed by atoms with E-state index >= 15 is 0 Å². The summed E-state index contributed by atoms with van der Waals surface area (Å²) in [6.07, 6.45) is 0. The average Bonchev–Trinajstić information content (AvgIpc) is 3.12. The minimum Gasteiger partial charge on any atom is -0.476 e. The van der Waals surface area contributed by atoms with Crippen LogP contribution in [0, 0.1) is 5.92 Å². The minimum atomic E-state index is -0.763. The molecule has 1 fully saturated rings. The molecule has 0 saturated heterocycles. The zero-order chi connectivity index (χ0) is 16.2. The second kappa shape index (κ2) is 7.90. The highest BCUT2D eigenvalue weighted by atomic mass is 16.4. The lowest BCUT2D eigenvalue weighted by atomic mass is 10.1. The van der Waals surface area contributed by atoms with Crippen LogP contribution in [0.3, 0.4) is 0 Å². The molecular formula is C16H32N3O2+. The first-order valence-corrected chi connectivity index (χ1v) is 8.26. The zero-order valence-corrected chi connectivity index (χ0v) is 14.4. The van der Waals surface area contributed by atoms with Gasteiger partial charge in [0.25, 0.3) is 0 Å². The number of carbonyl (C=O) groups is 1. The van der Waals surface area contributed by atoms with Gasteiger partial charge in [-0.15, -0.1) is 0 Å². The van der Waals surface area contributed by atoms with Gasteiger partial charge in [0.05, 0.1) is 0 Å². The van der Waals surface area contributed by atoms with Crippen molar-refractivity contribution in [2.24, 2.45) is 5.92 Å². The van der Waals surface area contributed by atoms with Crippen LogP contribution in [0.25, 0.3) is 0 Å². The van der Waals surface area contributed by atoms with Gasteiger partial charge >= 0.3 is 5.97 Å². The number of carboxylic acid groups (broad SMARTS) is 1. The summed E-state index contributed by atoms with van der Waals surface area (Å²) in [5.74, 6) is -0.689. The van der Waals surface area contributed by atoms with Crippen molar-refractivity contribution < 1.29 is 14.9 Å². The van der Waals surface area contributed by atoms with Crippen LogP contribution in [0.15, 0.2) is 0 Å². The van der Waals surface area contributed by atoms with Gasteiger partial charge in [-0.3, -0.25) is 9.80 Å². The smallest absolute Gasteiger partial charge is 0.373 e. The Kier molecular flexibility index (Phi) is 6.81. The third-order valence-electron chi connectivity index (χ3n) is 4.49. The quantitative estimate of drug-likeness (QED) is 0.632. The monoisotopic (exact) mass is 298 g/mol. The number of nitrogens with one attached hydrogen (secondary N) is 1. The van der Waals surface area contributed by atoms with E-state index in [0.29, 0.717) is 12.1 Å². The van der Waals surface area contributed by atoms with Gasteiger partial charge in [0.1, 0.15) is 12.1 Å². The molecular weight excluding hydrogens is 266 g/mol. The molecule has 5 nitrogen and oxygen atoms in total. The van der Waals surface area contributed by atoms with Crippen molar-refractivity contribution in [3.63, 3.8) is 0 Å². The lowest BCUT2D eigenvalue weighted by Gasteiger charge is -2.20. The molecule has 0 aromatic carbocycles. The topological polar surface area (TPSA) is 57.8 Å². The van der Waals surface area contributed by atoms with Crippen LogP contribution in [0.5, 0.6) is 0 Å². The molecule has 3 atom stereocenters. The highest BCUT2D eigenvalue weighted by Gasteiger charge is 2.58. The van der Waals surface area contributed by atoms with Crippen LogP contribution in [0.4, 0.5) is 0 Å². The van der Waals surface area contributed by atoms with Crippen LogP contribution in [0.2, 0.25) is 0 Å². The van der Waals surface area contributed by atoms with Gasteiger partial charge < -0.3 is 5.11 Å². The molecule has 0 aromatic rings. The summed E-state index contributed by atoms with van der Waals surface area (Å²) in [7, 11) is 0. The van der Waals surface area contributed by atoms with Gasteiger partial charge in [-0.05, 0) is 26.2 Å². The van der Waals surface area contributed by atoms with Crippen LogP contribution in [-0.2, 0) is 4.79 Å². The molecule has 0 amide bonds. The minimum absolute atomic E-state index is 0.0744. The lowest BCUT2D eigenvalue weighted by molar-refractivity contribution is -0.497. The Morgan fingerprint density at radius 3 is 1.67 bits per heavy atom. The Bertz CT molecular complexity index is 354. The van der Waals surface area contributed by atoms with Crippen LogP contribution in [0.1, 0.15) is 41.5 Å². The molecule has 122 valence electrons. The van der Waals surface area contributed by atoms with Gasteiger partial charge in [0.15, 0.2) is 5.71 Å². The van der Waals surface area contributed by atoms with Gasteiger partial charge in [-0.1, -0.05) is 41.5 Å². The van der Waals surface area contributed by atoms with Gasteiger partial charge in [-0.2, -0.15) is 0 Å². The van der Waals surface area contributed by atoms with E-state index in [0.717, 1.165) is 26.2 Å². The van der Waals surface area contributed by atoms with Crippen molar-refractivity contribution in [1.82, 2.24) is 9.80 Å². The molecule has 0 bridgehead atoms. The first kappa shape index (κ1) is 18.1. The Balaban J connectivity index is 3.03. The molecule has 2 N–H and O–H groups in total. The zero-order valence-electron chi connectivity index (χ0n) is 14.4. The molecule has 0 spiro atoms. The van der Waals surface area contributed by atoms with Crippen molar-refractivity contribution in [1.29, 1.82) is 0 Å². The van der Waals surface area contributed by atoms with E-state index in [9.17, 15) is 9.90 Å². The molecule has 0 heterocycles. The average molecular weight is 298 g/mol. The highest BCUT2D eigenvalue weighted by molar-refractivity contribution is 6.07. The van der Waals surface area contributed by atoms with Crippen molar-refractivity contribution >= 4 is 11.7 Å². The van der Waals surface area contributed by atoms with Crippen molar-refractivity contribution in [2.45, 2.75) is 59.7 Å². The highest BCUT2D eigenvalue weighted by Crippen LogP contribution is 2.27. The van der Waals surface area contributed by atoms with E-state index in [1.807, 2.05) is 13.8 Å². The maximum absolute atomic E-state index is 11.4. The van der Waals surface area contributed by atoms with E-state index in [4.69, 9.17) is 0 Å². The second-order valence-corrected chi connectivity index (χ2v) is 5.99. The molecule has 1 rings (SSSR count). The largest absolute Gasteiger partial charge is 0.476 e. The van der Waals surface area contributed by atoms with Crippen molar-refractivity contribution in [2.75, 3.05) is 26.2 Å². The molecule has 0 aliphatic heterocycles. The number of nitrogens with zero attached hydrogens (tertiary/aromatic N) is 2. The maximum atomic E-state index is 11.4. The number of hydrogen-bond acceptors (Lipinski definition) is 3. The van der Waals surface area contributed by atoms with Crippen LogP contribution in [-0.4, -0.2) is 70.9 Å². The molecule has 0 radical (unpaired) electrons. The molecule has 5 heteroatoms. The summed E-state index contributed by atoms with van der Waals surface area (Å²) in [4.78, 5) is 19.6. The molecule has 1 aliphatic rings. The van der Waals surface area contributed by atoms with Crippen molar-refractivity contribution in [3.05, 3.63) is 0 Å². The third-order valence-corrected chi connectivity index (χ3v) is 4.49. The molecule has 0 aromatic heterocycles. The molecule has 1 aliphatic carbocycles. The maximum Gasteiger partial charge on any atom is 0.373 e. The number of aliphatic carboxylic acids is 1. The fourth-order valence-electron chi connectivity index (χ4n) is 3.13. The first-order valence-electron chi connectivity index (χ1n) is 8.26. The van der Waals surface area contributed by atoms with E-state index in [1.165, 1.54) is 5.71 Å². The summed E-state index contributed by atoms with van der Waals surface area (Å²) in [6, 6.07) is 0.194. The predicted molar refractivity (Wildman–Crippen MR) is 85.6 cm³/mol. The fraction of sp³-hybridized carbons (Fsp3) is 0.875. The molecule has 21 heavy (non-hydrogen) atoms. The Hall–Kier alpha value is -0.940. The predicted octanol–water partition coefficient (Wildman–Crippen LogP) is 0.0516. The Morgan fingerprint density at radius 1 is 1.05 bits per heavy atom. The summed E-state index contributed by atoms with van der Waals surface area (Å²) in [5, 5.41) is 9.40. The number of carboxylic acids is 1. The summed E-state index contributed by atoms with van der Waals surface area (Å²) in [5.41, 5.74) is 1.18. The summed E-state index contributed by atoms with van der Waals surface area (Å²) >= 11 is 0. The van der Waals surface area contributed by atoms with Crippen LogP contribution >= 0.6 is 0 Å². The Morgan fingerprint density at radius 2 is 1.43 bits per heavy atom. The van der Waals surface area contributed by atoms with Crippen molar-refractivity contribution in [3.8, 4) is 0 Å². The van der Waals surface area contributed by atoms with Gasteiger partial charge in [0, 0.05) is 5.92 Å². The number of rotatable bonds is 9. The van der Waals surface area contributed by atoms with Gasteiger partial charge in [0.2, 0.25) is 6.04 Å². The number of likely N-dealkylation sites (N-methyl/N-ethyl adjacent to an activating group) is 2. The van der Waals surface area contributed by atoms with E-state index < -0.39 is 12.0 Å². The number of hydrogen-bond donors (Lipinski definition) is 2. The van der Waals surface area contributed by atoms with E-state index in [1.54, 1.807) is 0 Å². The molecule has 1 saturated carbocycles. The SMILES string of the molecule is CCN(CC)C1C(=[NH+][C@H](C(=O)O)C(C)C)C1N(CC)CC. The fourth-order valence-corrected chi connectivity index (χ4v) is 3.13. The Labute approximate surface area is 129 Å². The lowest BCUT2D eigenvalue weighted by Crippen LogP contribution is -2.82. The standard InChI is InChI=1S/C16H31N3O2/c1-7-18(8-2)14-13(15(14)19(9-3)10-4)17-12(11(5)6)16(20)21/h11-12,14-15H,7-10H2,1-6H3,(H,20,21)/p+1/t12-,14?,15?/m0/s1. The van der Waals surface area contributed by atoms with E-state index in [-0.39, 0.29) is 5.92 Å². The first-order chi connectivity index (χ1) is 9.92. The van der Waals surface area contributed by atoms with Gasteiger partial charge in [-0.25, -0.2) is 9.79 Å². The van der Waals surface area contributed by atoms with E-state index in [2.05, 4.69) is 42.5 Å².